The molecule has 2 aromatic carbocycles. The lowest BCUT2D eigenvalue weighted by Gasteiger charge is -2.14. The summed E-state index contributed by atoms with van der Waals surface area (Å²) in [5.41, 5.74) is 4.56. The van der Waals surface area contributed by atoms with Crippen molar-refractivity contribution in [2.24, 2.45) is 0 Å². The molecule has 110 valence electrons. The van der Waals surface area contributed by atoms with Crippen molar-refractivity contribution in [2.75, 3.05) is 12.4 Å². The van der Waals surface area contributed by atoms with E-state index in [2.05, 4.69) is 30.5 Å². The van der Waals surface area contributed by atoms with Crippen molar-refractivity contribution in [3.05, 3.63) is 59.2 Å². The molecule has 2 aromatic rings. The summed E-state index contributed by atoms with van der Waals surface area (Å²) in [6.07, 6.45) is 0. The summed E-state index contributed by atoms with van der Waals surface area (Å²) in [6, 6.07) is 14.0. The van der Waals surface area contributed by atoms with Gasteiger partial charge in [-0.25, -0.2) is 0 Å². The molecule has 0 saturated heterocycles. The SMILES string of the molecule is COc1ccccc1CNC(=S)Nc1cccc(C)c1C. The quantitative estimate of drug-likeness (QED) is 0.842. The monoisotopic (exact) mass is 300 g/mol. The maximum atomic E-state index is 5.35. The highest BCUT2D eigenvalue weighted by Crippen LogP contribution is 2.19. The highest BCUT2D eigenvalue weighted by atomic mass is 32.1. The summed E-state index contributed by atoms with van der Waals surface area (Å²) in [7, 11) is 1.67. The van der Waals surface area contributed by atoms with E-state index in [0.29, 0.717) is 11.7 Å². The predicted molar refractivity (Wildman–Crippen MR) is 92.0 cm³/mol. The average Bonchev–Trinajstić information content (AvgIpc) is 2.50. The molecule has 0 fully saturated rings. The van der Waals surface area contributed by atoms with E-state index in [-0.39, 0.29) is 0 Å². The molecule has 21 heavy (non-hydrogen) atoms. The summed E-state index contributed by atoms with van der Waals surface area (Å²) in [4.78, 5) is 0. The second kappa shape index (κ2) is 7.09. The summed E-state index contributed by atoms with van der Waals surface area (Å²) < 4.78 is 5.33. The first kappa shape index (κ1) is 15.3. The Kier molecular flexibility index (Phi) is 5.17. The molecular weight excluding hydrogens is 280 g/mol. The zero-order valence-electron chi connectivity index (χ0n) is 12.6. The van der Waals surface area contributed by atoms with Crippen molar-refractivity contribution in [1.82, 2.24) is 5.32 Å². The Morgan fingerprint density at radius 1 is 1.10 bits per heavy atom. The zero-order valence-corrected chi connectivity index (χ0v) is 13.4. The van der Waals surface area contributed by atoms with E-state index in [1.54, 1.807) is 7.11 Å². The Hall–Kier alpha value is -2.07. The normalized spacial score (nSPS) is 10.0. The Bertz CT molecular complexity index is 640. The van der Waals surface area contributed by atoms with Crippen LogP contribution >= 0.6 is 12.2 Å². The number of benzene rings is 2. The fourth-order valence-corrected chi connectivity index (χ4v) is 2.26. The number of para-hydroxylation sites is 1. The van der Waals surface area contributed by atoms with Crippen LogP contribution in [0.2, 0.25) is 0 Å². The van der Waals surface area contributed by atoms with Crippen LogP contribution < -0.4 is 15.4 Å². The fraction of sp³-hybridized carbons (Fsp3) is 0.235. The van der Waals surface area contributed by atoms with Gasteiger partial charge in [-0.05, 0) is 49.3 Å². The van der Waals surface area contributed by atoms with Gasteiger partial charge < -0.3 is 15.4 Å². The molecular formula is C17H20N2OS. The zero-order chi connectivity index (χ0) is 15.2. The van der Waals surface area contributed by atoms with Crippen LogP contribution in [0.4, 0.5) is 5.69 Å². The van der Waals surface area contributed by atoms with Gasteiger partial charge in [-0.3, -0.25) is 0 Å². The van der Waals surface area contributed by atoms with E-state index in [1.807, 2.05) is 36.4 Å². The molecule has 4 heteroatoms. The number of methoxy groups -OCH3 is 1. The first-order valence-electron chi connectivity index (χ1n) is 6.84. The van der Waals surface area contributed by atoms with Crippen LogP contribution in [0.3, 0.4) is 0 Å². The van der Waals surface area contributed by atoms with Gasteiger partial charge in [0, 0.05) is 17.8 Å². The van der Waals surface area contributed by atoms with Crippen molar-refractivity contribution >= 4 is 23.0 Å². The maximum absolute atomic E-state index is 5.35. The summed E-state index contributed by atoms with van der Waals surface area (Å²) in [6.45, 7) is 4.80. The fourth-order valence-electron chi connectivity index (χ4n) is 2.08. The van der Waals surface area contributed by atoms with Gasteiger partial charge in [0.05, 0.1) is 7.11 Å². The van der Waals surface area contributed by atoms with Crippen LogP contribution in [0.25, 0.3) is 0 Å². The van der Waals surface area contributed by atoms with E-state index in [4.69, 9.17) is 17.0 Å². The molecule has 0 aliphatic rings. The van der Waals surface area contributed by atoms with Crippen LogP contribution in [0.15, 0.2) is 42.5 Å². The summed E-state index contributed by atoms with van der Waals surface area (Å²) in [5.74, 6) is 0.861. The van der Waals surface area contributed by atoms with Gasteiger partial charge in [-0.15, -0.1) is 0 Å². The van der Waals surface area contributed by atoms with E-state index < -0.39 is 0 Å². The Labute approximate surface area is 131 Å². The number of rotatable bonds is 4. The highest BCUT2D eigenvalue weighted by Gasteiger charge is 2.05. The van der Waals surface area contributed by atoms with E-state index >= 15 is 0 Å². The number of anilines is 1. The third-order valence-electron chi connectivity index (χ3n) is 3.48. The molecule has 0 unspecified atom stereocenters. The molecule has 0 atom stereocenters. The van der Waals surface area contributed by atoms with Gasteiger partial charge in [0.2, 0.25) is 0 Å². The molecule has 0 heterocycles. The molecule has 0 radical (unpaired) electrons. The lowest BCUT2D eigenvalue weighted by atomic mass is 10.1. The molecule has 0 spiro atoms. The molecule has 2 rings (SSSR count). The topological polar surface area (TPSA) is 33.3 Å². The Morgan fingerprint density at radius 2 is 1.86 bits per heavy atom. The molecule has 0 aromatic heterocycles. The molecule has 0 bridgehead atoms. The number of ether oxygens (including phenoxy) is 1. The van der Waals surface area contributed by atoms with E-state index in [1.165, 1.54) is 11.1 Å². The molecule has 3 nitrogen and oxygen atoms in total. The van der Waals surface area contributed by atoms with Crippen molar-refractivity contribution < 1.29 is 4.74 Å². The summed E-state index contributed by atoms with van der Waals surface area (Å²) in [5, 5.41) is 7.05. The molecule has 0 saturated carbocycles. The number of nitrogens with one attached hydrogen (secondary N) is 2. The number of aryl methyl sites for hydroxylation is 1. The van der Waals surface area contributed by atoms with Gasteiger partial charge in [0.25, 0.3) is 0 Å². The molecule has 0 aliphatic heterocycles. The number of thiocarbonyl (C=S) groups is 1. The van der Waals surface area contributed by atoms with Crippen LogP contribution in [-0.2, 0) is 6.54 Å². The third kappa shape index (κ3) is 3.95. The number of hydrogen-bond acceptors (Lipinski definition) is 2. The first-order valence-corrected chi connectivity index (χ1v) is 7.25. The van der Waals surface area contributed by atoms with Gasteiger partial charge in [-0.1, -0.05) is 30.3 Å². The minimum atomic E-state index is 0.606. The Balaban J connectivity index is 1.98. The van der Waals surface area contributed by atoms with Crippen molar-refractivity contribution in [3.63, 3.8) is 0 Å². The lowest BCUT2D eigenvalue weighted by Crippen LogP contribution is -2.28. The van der Waals surface area contributed by atoms with Crippen molar-refractivity contribution in [3.8, 4) is 5.75 Å². The van der Waals surface area contributed by atoms with Crippen molar-refractivity contribution in [1.29, 1.82) is 0 Å². The second-order valence-electron chi connectivity index (χ2n) is 4.87. The van der Waals surface area contributed by atoms with Gasteiger partial charge in [0.1, 0.15) is 5.75 Å². The van der Waals surface area contributed by atoms with Gasteiger partial charge >= 0.3 is 0 Å². The smallest absolute Gasteiger partial charge is 0.171 e. The molecule has 0 amide bonds. The molecule has 0 aliphatic carbocycles. The van der Waals surface area contributed by atoms with Crippen molar-refractivity contribution in [2.45, 2.75) is 20.4 Å². The summed E-state index contributed by atoms with van der Waals surface area (Å²) >= 11 is 5.35. The van der Waals surface area contributed by atoms with Gasteiger partial charge in [0.15, 0.2) is 5.11 Å². The molecule has 2 N–H and O–H groups in total. The lowest BCUT2D eigenvalue weighted by molar-refractivity contribution is 0.409. The minimum absolute atomic E-state index is 0.606. The van der Waals surface area contributed by atoms with Crippen LogP contribution in [0.1, 0.15) is 16.7 Å². The largest absolute Gasteiger partial charge is 0.496 e. The van der Waals surface area contributed by atoms with Crippen LogP contribution in [-0.4, -0.2) is 12.2 Å². The standard InChI is InChI=1S/C17H20N2OS/c1-12-7-6-9-15(13(12)2)19-17(21)18-11-14-8-4-5-10-16(14)20-3/h4-10H,11H2,1-3H3,(H2,18,19,21). The van der Waals surface area contributed by atoms with Crippen LogP contribution in [0, 0.1) is 13.8 Å². The van der Waals surface area contributed by atoms with Gasteiger partial charge in [-0.2, -0.15) is 0 Å². The first-order chi connectivity index (χ1) is 10.1. The highest BCUT2D eigenvalue weighted by molar-refractivity contribution is 7.80. The van der Waals surface area contributed by atoms with Crippen LogP contribution in [0.5, 0.6) is 5.75 Å². The predicted octanol–water partition coefficient (Wildman–Crippen LogP) is 3.80. The Morgan fingerprint density at radius 3 is 2.62 bits per heavy atom. The third-order valence-corrected chi connectivity index (χ3v) is 3.73. The maximum Gasteiger partial charge on any atom is 0.171 e. The van der Waals surface area contributed by atoms with E-state index in [0.717, 1.165) is 17.0 Å². The number of hydrogen-bond donors (Lipinski definition) is 2. The average molecular weight is 300 g/mol. The van der Waals surface area contributed by atoms with E-state index in [9.17, 15) is 0 Å². The minimum Gasteiger partial charge on any atom is -0.496 e. The second-order valence-corrected chi connectivity index (χ2v) is 5.28.